The van der Waals surface area contributed by atoms with Crippen LogP contribution in [-0.2, 0) is 0 Å². The molecule has 0 aliphatic carbocycles. The summed E-state index contributed by atoms with van der Waals surface area (Å²) in [4.78, 5) is 22.3. The fourth-order valence-corrected chi connectivity index (χ4v) is 1.61. The molecule has 0 aliphatic heterocycles. The summed E-state index contributed by atoms with van der Waals surface area (Å²) < 4.78 is 0.966. The highest BCUT2D eigenvalue weighted by atomic mass is 127. The highest BCUT2D eigenvalue weighted by Gasteiger charge is 2.10. The highest BCUT2D eigenvalue weighted by Crippen LogP contribution is 2.15. The molecule has 0 heterocycles. The number of rotatable bonds is 2. The minimum Gasteiger partial charge on any atom is -0.294 e. The Hall–Kier alpha value is -0.710. The van der Waals surface area contributed by atoms with Crippen molar-refractivity contribution in [3.63, 3.8) is 0 Å². The van der Waals surface area contributed by atoms with Gasteiger partial charge in [-0.2, -0.15) is 0 Å². The van der Waals surface area contributed by atoms with Crippen LogP contribution in [0, 0.1) is 3.57 Å². The Balaban J connectivity index is 3.35. The van der Waals surface area contributed by atoms with Crippen molar-refractivity contribution in [1.82, 2.24) is 0 Å². The Labute approximate surface area is 90.5 Å². The number of hydrogen-bond donors (Lipinski definition) is 0. The van der Waals surface area contributed by atoms with E-state index < -0.39 is 0 Å². The predicted molar refractivity (Wildman–Crippen MR) is 59.2 cm³/mol. The average molecular weight is 288 g/mol. The molecule has 0 aliphatic rings. The number of carbonyl (C=O) groups excluding carboxylic acids is 2. The summed E-state index contributed by atoms with van der Waals surface area (Å²) in [5, 5.41) is 0. The summed E-state index contributed by atoms with van der Waals surface area (Å²) >= 11 is 2.12. The molecule has 2 nitrogen and oxygen atoms in total. The summed E-state index contributed by atoms with van der Waals surface area (Å²) in [5.41, 5.74) is 1.02. The molecule has 0 saturated carbocycles. The van der Waals surface area contributed by atoms with Crippen LogP contribution in [0.3, 0.4) is 0 Å². The fourth-order valence-electron chi connectivity index (χ4n) is 1.11. The average Bonchev–Trinajstić information content (AvgIpc) is 2.03. The summed E-state index contributed by atoms with van der Waals surface area (Å²) in [6.07, 6.45) is 0. The van der Waals surface area contributed by atoms with Crippen LogP contribution in [0.1, 0.15) is 34.6 Å². The standard InChI is InChI=1S/C10H9IO2/c1-6(12)9-4-3-8(11)5-10(9)7(2)13/h3-5H,1-2H3. The van der Waals surface area contributed by atoms with Gasteiger partial charge in [0.05, 0.1) is 0 Å². The molecule has 0 amide bonds. The highest BCUT2D eigenvalue weighted by molar-refractivity contribution is 14.1. The van der Waals surface area contributed by atoms with Crippen molar-refractivity contribution in [2.75, 3.05) is 0 Å². The number of halogens is 1. The zero-order valence-corrected chi connectivity index (χ0v) is 9.58. The largest absolute Gasteiger partial charge is 0.294 e. The van der Waals surface area contributed by atoms with Gasteiger partial charge < -0.3 is 0 Å². The first kappa shape index (κ1) is 10.4. The molecule has 3 heteroatoms. The Kier molecular flexibility index (Phi) is 3.19. The molecule has 0 fully saturated rings. The lowest BCUT2D eigenvalue weighted by atomic mass is 10.0. The molecule has 0 atom stereocenters. The normalized spacial score (nSPS) is 9.77. The van der Waals surface area contributed by atoms with Gasteiger partial charge >= 0.3 is 0 Å². The summed E-state index contributed by atoms with van der Waals surface area (Å²) in [6, 6.07) is 5.25. The zero-order chi connectivity index (χ0) is 10.0. The van der Waals surface area contributed by atoms with Crippen LogP contribution in [0.2, 0.25) is 0 Å². The maximum absolute atomic E-state index is 11.2. The monoisotopic (exact) mass is 288 g/mol. The molecule has 0 unspecified atom stereocenters. The van der Waals surface area contributed by atoms with E-state index in [4.69, 9.17) is 0 Å². The first-order valence-electron chi connectivity index (χ1n) is 3.84. The van der Waals surface area contributed by atoms with Gasteiger partial charge in [0, 0.05) is 14.7 Å². The molecule has 1 aromatic rings. The Morgan fingerprint density at radius 3 is 2.08 bits per heavy atom. The van der Waals surface area contributed by atoms with Gasteiger partial charge in [0.15, 0.2) is 11.6 Å². The topological polar surface area (TPSA) is 34.1 Å². The molecular weight excluding hydrogens is 279 g/mol. The van der Waals surface area contributed by atoms with E-state index >= 15 is 0 Å². The van der Waals surface area contributed by atoms with Crippen LogP contribution in [0.25, 0.3) is 0 Å². The molecule has 1 aromatic carbocycles. The van der Waals surface area contributed by atoms with Crippen molar-refractivity contribution in [2.24, 2.45) is 0 Å². The van der Waals surface area contributed by atoms with Gasteiger partial charge in [-0.3, -0.25) is 9.59 Å². The molecule has 1 rings (SSSR count). The van der Waals surface area contributed by atoms with Crippen molar-refractivity contribution < 1.29 is 9.59 Å². The van der Waals surface area contributed by atoms with Gasteiger partial charge in [0.2, 0.25) is 0 Å². The summed E-state index contributed by atoms with van der Waals surface area (Å²) in [6.45, 7) is 2.94. The van der Waals surface area contributed by atoms with E-state index in [1.165, 1.54) is 13.8 Å². The molecule has 0 N–H and O–H groups in total. The fraction of sp³-hybridized carbons (Fsp3) is 0.200. The molecular formula is C10H9IO2. The van der Waals surface area contributed by atoms with Crippen LogP contribution in [-0.4, -0.2) is 11.6 Å². The van der Waals surface area contributed by atoms with Crippen LogP contribution in [0.15, 0.2) is 18.2 Å². The minimum absolute atomic E-state index is 0.0660. The number of hydrogen-bond acceptors (Lipinski definition) is 2. The van der Waals surface area contributed by atoms with Gasteiger partial charge in [-0.25, -0.2) is 0 Å². The maximum atomic E-state index is 11.2. The van der Waals surface area contributed by atoms with Crippen LogP contribution >= 0.6 is 22.6 Å². The summed E-state index contributed by atoms with van der Waals surface area (Å²) in [7, 11) is 0. The lowest BCUT2D eigenvalue weighted by molar-refractivity contribution is 0.0980. The first-order chi connectivity index (χ1) is 6.02. The van der Waals surface area contributed by atoms with Crippen LogP contribution < -0.4 is 0 Å². The third kappa shape index (κ3) is 2.37. The Morgan fingerprint density at radius 1 is 1.08 bits per heavy atom. The number of benzene rings is 1. The van der Waals surface area contributed by atoms with E-state index in [2.05, 4.69) is 22.6 Å². The SMILES string of the molecule is CC(=O)c1ccc(I)cc1C(C)=O. The number of carbonyl (C=O) groups is 2. The van der Waals surface area contributed by atoms with Gasteiger partial charge in [-0.15, -0.1) is 0 Å². The Morgan fingerprint density at radius 2 is 1.62 bits per heavy atom. The summed E-state index contributed by atoms with van der Waals surface area (Å²) in [5.74, 6) is -0.134. The maximum Gasteiger partial charge on any atom is 0.160 e. The lowest BCUT2D eigenvalue weighted by Gasteiger charge is -2.03. The van der Waals surface area contributed by atoms with Gasteiger partial charge in [-0.05, 0) is 54.6 Å². The van der Waals surface area contributed by atoms with E-state index in [9.17, 15) is 9.59 Å². The first-order valence-corrected chi connectivity index (χ1v) is 4.91. The zero-order valence-electron chi connectivity index (χ0n) is 7.43. The minimum atomic E-state index is -0.0680. The van der Waals surface area contributed by atoms with Crippen molar-refractivity contribution in [2.45, 2.75) is 13.8 Å². The smallest absolute Gasteiger partial charge is 0.160 e. The molecule has 68 valence electrons. The molecule has 0 bridgehead atoms. The predicted octanol–water partition coefficient (Wildman–Crippen LogP) is 2.70. The van der Waals surface area contributed by atoms with Gasteiger partial charge in [0.1, 0.15) is 0 Å². The van der Waals surface area contributed by atoms with E-state index in [0.29, 0.717) is 11.1 Å². The third-order valence-electron chi connectivity index (χ3n) is 1.74. The van der Waals surface area contributed by atoms with Crippen molar-refractivity contribution in [3.8, 4) is 0 Å². The molecule has 0 radical (unpaired) electrons. The number of ketones is 2. The van der Waals surface area contributed by atoms with E-state index in [0.717, 1.165) is 3.57 Å². The lowest BCUT2D eigenvalue weighted by Crippen LogP contribution is -2.04. The quantitative estimate of drug-likeness (QED) is 0.619. The van der Waals surface area contributed by atoms with Gasteiger partial charge in [-0.1, -0.05) is 0 Å². The van der Waals surface area contributed by atoms with Crippen molar-refractivity contribution in [3.05, 3.63) is 32.9 Å². The third-order valence-corrected chi connectivity index (χ3v) is 2.41. The van der Waals surface area contributed by atoms with Crippen molar-refractivity contribution in [1.29, 1.82) is 0 Å². The van der Waals surface area contributed by atoms with E-state index in [1.807, 2.05) is 6.07 Å². The van der Waals surface area contributed by atoms with E-state index in [-0.39, 0.29) is 11.6 Å². The number of Topliss-reactive ketones (excluding diaryl/α,β-unsaturated/α-hetero) is 2. The molecule has 0 aromatic heterocycles. The van der Waals surface area contributed by atoms with Crippen molar-refractivity contribution >= 4 is 34.2 Å². The van der Waals surface area contributed by atoms with Crippen LogP contribution in [0.5, 0.6) is 0 Å². The molecule has 0 saturated heterocycles. The molecule has 0 spiro atoms. The second-order valence-electron chi connectivity index (χ2n) is 2.80. The van der Waals surface area contributed by atoms with Gasteiger partial charge in [0.25, 0.3) is 0 Å². The van der Waals surface area contributed by atoms with Crippen LogP contribution in [0.4, 0.5) is 0 Å². The second kappa shape index (κ2) is 4.00. The van der Waals surface area contributed by atoms with E-state index in [1.54, 1.807) is 12.1 Å². The second-order valence-corrected chi connectivity index (χ2v) is 4.05. The molecule has 13 heavy (non-hydrogen) atoms. The Bertz CT molecular complexity index is 369.